The Labute approximate surface area is 143 Å². The highest BCUT2D eigenvalue weighted by Crippen LogP contribution is 2.21. The Morgan fingerprint density at radius 2 is 1.92 bits per heavy atom. The van der Waals surface area contributed by atoms with Gasteiger partial charge in [-0.2, -0.15) is 0 Å². The van der Waals surface area contributed by atoms with E-state index >= 15 is 0 Å². The quantitative estimate of drug-likeness (QED) is 0.830. The average molecular weight is 324 g/mol. The molecule has 5 nitrogen and oxygen atoms in total. The average Bonchev–Trinajstić information content (AvgIpc) is 2.65. The van der Waals surface area contributed by atoms with Crippen LogP contribution < -0.4 is 10.2 Å². The topological polar surface area (TPSA) is 58.1 Å². The lowest BCUT2D eigenvalue weighted by molar-refractivity contribution is 0.0952. The predicted octanol–water partition coefficient (Wildman–Crippen LogP) is 2.96. The maximum Gasteiger partial charge on any atom is 0.254 e. The Kier molecular flexibility index (Phi) is 5.41. The molecular weight excluding hydrogens is 300 g/mol. The number of carbonyl (C=O) groups is 1. The van der Waals surface area contributed by atoms with Crippen LogP contribution in [0.3, 0.4) is 0 Å². The number of amides is 1. The van der Waals surface area contributed by atoms with Gasteiger partial charge in [0.25, 0.3) is 5.91 Å². The molecule has 1 aliphatic rings. The molecule has 1 N–H and O–H groups in total. The number of fused-ring (bicyclic) bond motifs is 1. The van der Waals surface area contributed by atoms with E-state index < -0.39 is 0 Å². The van der Waals surface area contributed by atoms with Crippen molar-refractivity contribution in [3.05, 3.63) is 53.3 Å². The van der Waals surface area contributed by atoms with Crippen LogP contribution in [0.5, 0.6) is 0 Å². The standard InChI is InChI=1S/C19H24N4O/c1-2-3-6-10-20-18(24)17-12-21-19(22-13-17)23-11-9-15-7-4-5-8-16(15)14-23/h4-5,7-8,12-13H,2-3,6,9-11,14H2,1H3,(H,20,24). The summed E-state index contributed by atoms with van der Waals surface area (Å²) in [6.07, 6.45) is 7.53. The molecule has 0 fully saturated rings. The van der Waals surface area contributed by atoms with E-state index in [4.69, 9.17) is 0 Å². The molecule has 0 unspecified atom stereocenters. The zero-order valence-corrected chi connectivity index (χ0v) is 14.2. The lowest BCUT2D eigenvalue weighted by Crippen LogP contribution is -2.32. The van der Waals surface area contributed by atoms with E-state index in [0.717, 1.165) is 38.8 Å². The molecule has 5 heteroatoms. The molecule has 24 heavy (non-hydrogen) atoms. The Morgan fingerprint density at radius 1 is 1.17 bits per heavy atom. The number of anilines is 1. The van der Waals surface area contributed by atoms with Gasteiger partial charge in [0.2, 0.25) is 5.95 Å². The van der Waals surface area contributed by atoms with Crippen molar-refractivity contribution in [2.45, 2.75) is 39.2 Å². The second-order valence-corrected chi connectivity index (χ2v) is 6.18. The normalized spacial score (nSPS) is 13.5. The number of unbranched alkanes of at least 4 members (excludes halogenated alkanes) is 2. The van der Waals surface area contributed by atoms with Crippen molar-refractivity contribution in [1.29, 1.82) is 0 Å². The summed E-state index contributed by atoms with van der Waals surface area (Å²) in [5.74, 6) is 0.591. The van der Waals surface area contributed by atoms with Crippen molar-refractivity contribution in [3.8, 4) is 0 Å². The smallest absolute Gasteiger partial charge is 0.254 e. The van der Waals surface area contributed by atoms with E-state index in [1.54, 1.807) is 12.4 Å². The van der Waals surface area contributed by atoms with Gasteiger partial charge in [-0.1, -0.05) is 44.0 Å². The Balaban J connectivity index is 1.60. The Hall–Kier alpha value is -2.43. The van der Waals surface area contributed by atoms with Gasteiger partial charge in [0.05, 0.1) is 5.56 Å². The highest BCUT2D eigenvalue weighted by molar-refractivity contribution is 5.93. The summed E-state index contributed by atoms with van der Waals surface area (Å²) in [6.45, 7) is 4.57. The van der Waals surface area contributed by atoms with Crippen LogP contribution in [0.4, 0.5) is 5.95 Å². The predicted molar refractivity (Wildman–Crippen MR) is 95.1 cm³/mol. The molecule has 1 aromatic heterocycles. The molecule has 0 atom stereocenters. The maximum atomic E-state index is 12.1. The summed E-state index contributed by atoms with van der Waals surface area (Å²) in [5.41, 5.74) is 3.24. The Morgan fingerprint density at radius 3 is 2.67 bits per heavy atom. The summed E-state index contributed by atoms with van der Waals surface area (Å²) >= 11 is 0. The first kappa shape index (κ1) is 16.4. The molecule has 1 aliphatic heterocycles. The molecule has 0 saturated heterocycles. The third-order valence-electron chi connectivity index (χ3n) is 4.38. The SMILES string of the molecule is CCCCCNC(=O)c1cnc(N2CCc3ccccc3C2)nc1. The van der Waals surface area contributed by atoms with E-state index in [9.17, 15) is 4.79 Å². The van der Waals surface area contributed by atoms with Gasteiger partial charge in [-0.3, -0.25) is 4.79 Å². The van der Waals surface area contributed by atoms with Crippen LogP contribution in [-0.2, 0) is 13.0 Å². The number of hydrogen-bond acceptors (Lipinski definition) is 4. The fourth-order valence-corrected chi connectivity index (χ4v) is 2.95. The zero-order valence-electron chi connectivity index (χ0n) is 14.2. The van der Waals surface area contributed by atoms with Gasteiger partial charge in [-0.25, -0.2) is 9.97 Å². The van der Waals surface area contributed by atoms with Crippen molar-refractivity contribution >= 4 is 11.9 Å². The highest BCUT2D eigenvalue weighted by atomic mass is 16.1. The third kappa shape index (κ3) is 3.91. The molecule has 1 aromatic carbocycles. The lowest BCUT2D eigenvalue weighted by atomic mass is 10.0. The van der Waals surface area contributed by atoms with E-state index in [2.05, 4.69) is 51.4 Å². The van der Waals surface area contributed by atoms with Crippen LogP contribution in [0.2, 0.25) is 0 Å². The minimum absolute atomic E-state index is 0.0957. The molecule has 0 aliphatic carbocycles. The van der Waals surface area contributed by atoms with Crippen LogP contribution in [0.15, 0.2) is 36.7 Å². The Bertz CT molecular complexity index is 684. The fourth-order valence-electron chi connectivity index (χ4n) is 2.95. The summed E-state index contributed by atoms with van der Waals surface area (Å²) < 4.78 is 0. The van der Waals surface area contributed by atoms with Gasteiger partial charge in [0.15, 0.2) is 0 Å². The molecular formula is C19H24N4O. The number of aromatic nitrogens is 2. The van der Waals surface area contributed by atoms with Gasteiger partial charge in [0, 0.05) is 32.0 Å². The lowest BCUT2D eigenvalue weighted by Gasteiger charge is -2.28. The number of nitrogens with zero attached hydrogens (tertiary/aromatic N) is 3. The van der Waals surface area contributed by atoms with Gasteiger partial charge in [0.1, 0.15) is 0 Å². The molecule has 0 bridgehead atoms. The molecule has 2 heterocycles. The van der Waals surface area contributed by atoms with E-state index in [0.29, 0.717) is 18.1 Å². The number of benzene rings is 1. The molecule has 0 spiro atoms. The second kappa shape index (κ2) is 7.90. The van der Waals surface area contributed by atoms with Crippen molar-refractivity contribution in [3.63, 3.8) is 0 Å². The number of rotatable bonds is 6. The number of carbonyl (C=O) groups excluding carboxylic acids is 1. The molecule has 0 saturated carbocycles. The largest absolute Gasteiger partial charge is 0.352 e. The van der Waals surface area contributed by atoms with Gasteiger partial charge in [-0.15, -0.1) is 0 Å². The maximum absolute atomic E-state index is 12.1. The minimum atomic E-state index is -0.0957. The number of nitrogens with one attached hydrogen (secondary N) is 1. The molecule has 126 valence electrons. The van der Waals surface area contributed by atoms with E-state index in [1.165, 1.54) is 11.1 Å². The van der Waals surface area contributed by atoms with E-state index in [1.807, 2.05) is 0 Å². The van der Waals surface area contributed by atoms with Crippen molar-refractivity contribution in [2.24, 2.45) is 0 Å². The molecule has 0 radical (unpaired) electrons. The van der Waals surface area contributed by atoms with Crippen molar-refractivity contribution in [1.82, 2.24) is 15.3 Å². The first-order chi connectivity index (χ1) is 11.8. The summed E-state index contributed by atoms with van der Waals surface area (Å²) in [5, 5.41) is 2.91. The van der Waals surface area contributed by atoms with Crippen LogP contribution in [-0.4, -0.2) is 29.0 Å². The van der Waals surface area contributed by atoms with Crippen molar-refractivity contribution in [2.75, 3.05) is 18.0 Å². The molecule has 2 aromatic rings. The van der Waals surface area contributed by atoms with Crippen LogP contribution in [0.25, 0.3) is 0 Å². The summed E-state index contributed by atoms with van der Waals surface area (Å²) in [6, 6.07) is 8.48. The molecule has 3 rings (SSSR count). The molecule has 1 amide bonds. The van der Waals surface area contributed by atoms with Crippen LogP contribution in [0, 0.1) is 0 Å². The van der Waals surface area contributed by atoms with Gasteiger partial charge in [-0.05, 0) is 24.0 Å². The first-order valence-electron chi connectivity index (χ1n) is 8.70. The van der Waals surface area contributed by atoms with Gasteiger partial charge >= 0.3 is 0 Å². The number of hydrogen-bond donors (Lipinski definition) is 1. The minimum Gasteiger partial charge on any atom is -0.352 e. The summed E-state index contributed by atoms with van der Waals surface area (Å²) in [4.78, 5) is 23.0. The van der Waals surface area contributed by atoms with Crippen molar-refractivity contribution < 1.29 is 4.79 Å². The first-order valence-corrected chi connectivity index (χ1v) is 8.70. The third-order valence-corrected chi connectivity index (χ3v) is 4.38. The monoisotopic (exact) mass is 324 g/mol. The second-order valence-electron chi connectivity index (χ2n) is 6.18. The highest BCUT2D eigenvalue weighted by Gasteiger charge is 2.18. The van der Waals surface area contributed by atoms with Crippen LogP contribution in [0.1, 0.15) is 47.7 Å². The summed E-state index contributed by atoms with van der Waals surface area (Å²) in [7, 11) is 0. The fraction of sp³-hybridized carbons (Fsp3) is 0.421. The zero-order chi connectivity index (χ0) is 16.8. The van der Waals surface area contributed by atoms with Gasteiger partial charge < -0.3 is 10.2 Å². The van der Waals surface area contributed by atoms with Crippen LogP contribution >= 0.6 is 0 Å². The van der Waals surface area contributed by atoms with E-state index in [-0.39, 0.29) is 5.91 Å².